The summed E-state index contributed by atoms with van der Waals surface area (Å²) < 4.78 is 6.32. The lowest BCUT2D eigenvalue weighted by atomic mass is 9.62. The molecule has 2 rings (SSSR count). The Morgan fingerprint density at radius 3 is 1.78 bits per heavy atom. The molecule has 1 unspecified atom stereocenters. The van der Waals surface area contributed by atoms with Crippen LogP contribution in [0.3, 0.4) is 0 Å². The predicted octanol–water partition coefficient (Wildman–Crippen LogP) is 7.06. The number of benzene rings is 2. The quantitative estimate of drug-likeness (QED) is 0.475. The number of phenolic OH excluding ortho intramolecular Hbond substituents is 2. The van der Waals surface area contributed by atoms with E-state index in [1.165, 1.54) is 5.56 Å². The molecule has 2 aromatic carbocycles. The minimum Gasteiger partial charge on any atom is -0.507 e. The van der Waals surface area contributed by atoms with Crippen LogP contribution in [0.4, 0.5) is 0 Å². The number of hydrogen-bond donors (Lipinski definition) is 2. The molecule has 2 N–H and O–H groups in total. The first-order valence-electron chi connectivity index (χ1n) is 12.0. The molecule has 0 aromatic heterocycles. The molecule has 0 bridgehead atoms. The van der Waals surface area contributed by atoms with E-state index >= 15 is 0 Å². The van der Waals surface area contributed by atoms with Crippen molar-refractivity contribution in [2.45, 2.75) is 105 Å². The van der Waals surface area contributed by atoms with Crippen LogP contribution in [-0.4, -0.2) is 23.7 Å². The van der Waals surface area contributed by atoms with E-state index in [9.17, 15) is 10.2 Å². The van der Waals surface area contributed by atoms with Crippen LogP contribution < -0.4 is 4.74 Å². The molecule has 0 aliphatic rings. The highest BCUT2D eigenvalue weighted by molar-refractivity contribution is 6.16. The number of rotatable bonds is 6. The van der Waals surface area contributed by atoms with Gasteiger partial charge in [-0.25, -0.2) is 0 Å². The minimum atomic E-state index is -0.376. The molecule has 1 atom stereocenters. The first-order chi connectivity index (χ1) is 14.5. The Kier molecular flexibility index (Phi) is 7.39. The van der Waals surface area contributed by atoms with Crippen molar-refractivity contribution in [2.75, 3.05) is 0 Å². The average Bonchev–Trinajstić information content (AvgIpc) is 2.64. The second-order valence-corrected chi connectivity index (χ2v) is 11.4. The van der Waals surface area contributed by atoms with Gasteiger partial charge in [0.15, 0.2) is 0 Å². The fraction of sp³-hybridized carbons (Fsp3) is 0.571. The molecule has 4 heteroatoms. The second kappa shape index (κ2) is 9.04. The van der Waals surface area contributed by atoms with Gasteiger partial charge in [-0.15, -0.1) is 0 Å². The van der Waals surface area contributed by atoms with Crippen LogP contribution in [0.25, 0.3) is 11.1 Å². The van der Waals surface area contributed by atoms with Crippen LogP contribution in [0.2, 0.25) is 0 Å². The fourth-order valence-corrected chi connectivity index (χ4v) is 4.35. The van der Waals surface area contributed by atoms with Crippen LogP contribution in [-0.2, 0) is 5.31 Å². The van der Waals surface area contributed by atoms with Gasteiger partial charge in [-0.1, -0.05) is 54.0 Å². The number of hydrogen-bond acceptors (Lipinski definition) is 3. The third-order valence-corrected chi connectivity index (χ3v) is 6.66. The van der Waals surface area contributed by atoms with Gasteiger partial charge in [-0.05, 0) is 74.5 Å². The fourth-order valence-electron chi connectivity index (χ4n) is 4.35. The largest absolute Gasteiger partial charge is 0.507 e. The lowest BCUT2D eigenvalue weighted by molar-refractivity contribution is 0.129. The molecule has 0 saturated heterocycles. The van der Waals surface area contributed by atoms with Crippen LogP contribution in [0.15, 0.2) is 12.1 Å². The van der Waals surface area contributed by atoms with Gasteiger partial charge in [0.25, 0.3) is 0 Å². The van der Waals surface area contributed by atoms with E-state index in [0.29, 0.717) is 11.5 Å². The van der Waals surface area contributed by atoms with Crippen LogP contribution in [0, 0.1) is 13.8 Å². The maximum atomic E-state index is 11.6. The Bertz CT molecular complexity index is 995. The molecule has 0 radical (unpaired) electrons. The normalized spacial score (nSPS) is 14.2. The Balaban J connectivity index is 3.08. The highest BCUT2D eigenvalue weighted by Gasteiger charge is 2.31. The summed E-state index contributed by atoms with van der Waals surface area (Å²) in [5.74, 6) is 1.65. The Labute approximate surface area is 196 Å². The lowest BCUT2D eigenvalue weighted by Gasteiger charge is -2.31. The van der Waals surface area contributed by atoms with Gasteiger partial charge in [0.2, 0.25) is 0 Å². The molecule has 0 spiro atoms. The van der Waals surface area contributed by atoms with Gasteiger partial charge in [0, 0.05) is 22.3 Å². The Hall–Kier alpha value is -2.10. The van der Waals surface area contributed by atoms with E-state index in [4.69, 9.17) is 4.74 Å². The molecule has 0 saturated carbocycles. The number of phenols is 2. The Morgan fingerprint density at radius 1 is 0.844 bits per heavy atom. The van der Waals surface area contributed by atoms with E-state index < -0.39 is 0 Å². The van der Waals surface area contributed by atoms with Gasteiger partial charge in [-0.2, -0.15) is 0 Å². The molecule has 0 amide bonds. The zero-order valence-corrected chi connectivity index (χ0v) is 22.3. The first kappa shape index (κ1) is 26.2. The molecule has 32 heavy (non-hydrogen) atoms. The van der Waals surface area contributed by atoms with Crippen molar-refractivity contribution in [3.8, 4) is 28.4 Å². The van der Waals surface area contributed by atoms with Crippen LogP contribution in [0.1, 0.15) is 108 Å². The molecule has 0 heterocycles. The van der Waals surface area contributed by atoms with Crippen molar-refractivity contribution < 1.29 is 14.9 Å². The predicted molar refractivity (Wildman–Crippen MR) is 139 cm³/mol. The number of ether oxygens (including phenoxy) is 1. The van der Waals surface area contributed by atoms with E-state index in [0.717, 1.165) is 40.0 Å². The summed E-state index contributed by atoms with van der Waals surface area (Å²) in [7, 11) is 2.16. The third-order valence-electron chi connectivity index (χ3n) is 6.66. The first-order valence-corrected chi connectivity index (χ1v) is 12.0. The maximum Gasteiger partial charge on any atom is 0.127 e. The van der Waals surface area contributed by atoms with E-state index in [-0.39, 0.29) is 28.3 Å². The van der Waals surface area contributed by atoms with E-state index in [1.807, 2.05) is 33.8 Å². The summed E-state index contributed by atoms with van der Waals surface area (Å²) in [5.41, 5.74) is 5.84. The summed E-state index contributed by atoms with van der Waals surface area (Å²) >= 11 is 0. The van der Waals surface area contributed by atoms with E-state index in [2.05, 4.69) is 62.4 Å². The second-order valence-electron chi connectivity index (χ2n) is 11.4. The smallest absolute Gasteiger partial charge is 0.127 e. The van der Waals surface area contributed by atoms with Crippen LogP contribution >= 0.6 is 0 Å². The SMILES string of the molecule is BC(C)(CC)c1cc(C(C)C)c(C)c(-c2c(C)c(OC(C)(C)C)cc(C(C)C)c2O)c1O. The van der Waals surface area contributed by atoms with Gasteiger partial charge < -0.3 is 14.9 Å². The van der Waals surface area contributed by atoms with Gasteiger partial charge in [0.05, 0.1) is 0 Å². The summed E-state index contributed by atoms with van der Waals surface area (Å²) in [6, 6.07) is 4.12. The highest BCUT2D eigenvalue weighted by Crippen LogP contribution is 2.51. The molecule has 176 valence electrons. The average molecular weight is 438 g/mol. The molecule has 0 aliphatic heterocycles. The highest BCUT2D eigenvalue weighted by atomic mass is 16.5. The van der Waals surface area contributed by atoms with Crippen molar-refractivity contribution in [1.29, 1.82) is 0 Å². The van der Waals surface area contributed by atoms with Crippen molar-refractivity contribution in [3.05, 3.63) is 39.9 Å². The molecule has 2 aromatic rings. The zero-order valence-electron chi connectivity index (χ0n) is 22.3. The summed E-state index contributed by atoms with van der Waals surface area (Å²) in [4.78, 5) is 0. The summed E-state index contributed by atoms with van der Waals surface area (Å²) in [5, 5.41) is 22.9. The Morgan fingerprint density at radius 2 is 1.34 bits per heavy atom. The van der Waals surface area contributed by atoms with Crippen molar-refractivity contribution in [2.24, 2.45) is 0 Å². The lowest BCUT2D eigenvalue weighted by Crippen LogP contribution is -2.24. The third kappa shape index (κ3) is 4.95. The van der Waals surface area contributed by atoms with Gasteiger partial charge in [-0.3, -0.25) is 0 Å². The molecule has 0 aliphatic carbocycles. The van der Waals surface area contributed by atoms with Crippen molar-refractivity contribution in [3.63, 3.8) is 0 Å². The molecular formula is C28H43BO3. The summed E-state index contributed by atoms with van der Waals surface area (Å²) in [6.45, 7) is 22.9. The van der Waals surface area contributed by atoms with Gasteiger partial charge in [0.1, 0.15) is 30.7 Å². The molecule has 3 nitrogen and oxygen atoms in total. The zero-order chi connectivity index (χ0) is 24.8. The molecule has 0 fully saturated rings. The maximum absolute atomic E-state index is 11.6. The van der Waals surface area contributed by atoms with E-state index in [1.54, 1.807) is 0 Å². The van der Waals surface area contributed by atoms with Crippen LogP contribution in [0.5, 0.6) is 17.2 Å². The molecular weight excluding hydrogens is 395 g/mol. The number of aromatic hydroxyl groups is 2. The van der Waals surface area contributed by atoms with Gasteiger partial charge >= 0.3 is 0 Å². The van der Waals surface area contributed by atoms with Crippen molar-refractivity contribution in [1.82, 2.24) is 0 Å². The summed E-state index contributed by atoms with van der Waals surface area (Å²) in [6.07, 6.45) is 0.899. The monoisotopic (exact) mass is 438 g/mol. The standard InChI is InChI=1S/C28H43BO3/c1-12-28(11,29)21-13-19(15(2)3)17(6)23(26(21)31)24-18(7)22(32-27(8,9)10)14-20(16(4)5)25(24)30/h13-16,30-31H,12,29H2,1-11H3. The minimum absolute atomic E-state index is 0.110. The topological polar surface area (TPSA) is 49.7 Å². The van der Waals surface area contributed by atoms with Crippen molar-refractivity contribution >= 4 is 7.85 Å².